The highest BCUT2D eigenvalue weighted by atomic mass is 19.1. The maximum absolute atomic E-state index is 13.0. The number of carbonyl (C=O) groups is 1. The third-order valence-electron chi connectivity index (χ3n) is 2.41. The lowest BCUT2D eigenvalue weighted by atomic mass is 10.1. The van der Waals surface area contributed by atoms with Gasteiger partial charge in [-0.2, -0.15) is 0 Å². The van der Waals surface area contributed by atoms with Gasteiger partial charge in [0.05, 0.1) is 19.3 Å². The fourth-order valence-corrected chi connectivity index (χ4v) is 1.71. The van der Waals surface area contributed by atoms with Crippen LogP contribution in [0.3, 0.4) is 0 Å². The molecule has 0 unspecified atom stereocenters. The minimum atomic E-state index is -0.424. The van der Waals surface area contributed by atoms with Gasteiger partial charge in [-0.25, -0.2) is 9.37 Å². The molecule has 0 aliphatic carbocycles. The maximum Gasteiger partial charge on any atom is 0.220 e. The largest absolute Gasteiger partial charge is 0.481 e. The smallest absolute Gasteiger partial charge is 0.220 e. The first kappa shape index (κ1) is 9.89. The molecule has 2 heterocycles. The van der Waals surface area contributed by atoms with E-state index in [4.69, 9.17) is 4.74 Å². The van der Waals surface area contributed by atoms with E-state index >= 15 is 0 Å². The molecule has 1 saturated heterocycles. The number of halogens is 1. The Bertz CT molecular complexity index is 395. The number of aromatic nitrogens is 1. The summed E-state index contributed by atoms with van der Waals surface area (Å²) < 4.78 is 18.0. The Kier molecular flexibility index (Phi) is 2.53. The van der Waals surface area contributed by atoms with E-state index < -0.39 is 5.82 Å². The van der Waals surface area contributed by atoms with Crippen LogP contribution in [0.2, 0.25) is 0 Å². The van der Waals surface area contributed by atoms with Gasteiger partial charge in [-0.1, -0.05) is 0 Å². The van der Waals surface area contributed by atoms with E-state index in [0.717, 1.165) is 6.20 Å². The molecule has 0 aromatic carbocycles. The molecule has 1 fully saturated rings. The average molecular weight is 210 g/mol. The molecule has 1 aromatic heterocycles. The Labute approximate surface area is 86.5 Å². The maximum atomic E-state index is 13.0. The standard InChI is InChI=1S/C10H11FN2O2/c1-15-10-7(4-6(11)5-12-10)8-2-3-9(14)13-8/h4-5,8H,2-3H2,1H3,(H,13,14)/t8-/m1/s1. The SMILES string of the molecule is COc1ncc(F)cc1[C@H]1CCC(=O)N1. The summed E-state index contributed by atoms with van der Waals surface area (Å²) >= 11 is 0. The minimum Gasteiger partial charge on any atom is -0.481 e. The first-order valence-electron chi connectivity index (χ1n) is 4.69. The molecule has 4 nitrogen and oxygen atoms in total. The van der Waals surface area contributed by atoms with Gasteiger partial charge >= 0.3 is 0 Å². The molecule has 1 amide bonds. The van der Waals surface area contributed by atoms with Crippen LogP contribution in [-0.4, -0.2) is 18.0 Å². The summed E-state index contributed by atoms with van der Waals surface area (Å²) in [6.45, 7) is 0. The zero-order valence-electron chi connectivity index (χ0n) is 8.29. The van der Waals surface area contributed by atoms with Crippen molar-refractivity contribution in [3.8, 4) is 5.88 Å². The van der Waals surface area contributed by atoms with Gasteiger partial charge in [0.25, 0.3) is 0 Å². The summed E-state index contributed by atoms with van der Waals surface area (Å²) in [5.74, 6) is -0.0816. The highest BCUT2D eigenvalue weighted by Gasteiger charge is 2.25. The summed E-state index contributed by atoms with van der Waals surface area (Å²) in [6, 6.07) is 1.16. The summed E-state index contributed by atoms with van der Waals surface area (Å²) in [6.07, 6.45) is 2.21. The van der Waals surface area contributed by atoms with Crippen molar-refractivity contribution in [3.63, 3.8) is 0 Å². The number of hydrogen-bond donors (Lipinski definition) is 1. The van der Waals surface area contributed by atoms with E-state index in [1.54, 1.807) is 0 Å². The van der Waals surface area contributed by atoms with Gasteiger partial charge < -0.3 is 10.1 Å². The van der Waals surface area contributed by atoms with Crippen molar-refractivity contribution in [3.05, 3.63) is 23.6 Å². The fraction of sp³-hybridized carbons (Fsp3) is 0.400. The number of carbonyl (C=O) groups excluding carboxylic acids is 1. The highest BCUT2D eigenvalue weighted by molar-refractivity contribution is 5.78. The van der Waals surface area contributed by atoms with Crippen molar-refractivity contribution in [2.75, 3.05) is 7.11 Å². The van der Waals surface area contributed by atoms with Crippen molar-refractivity contribution in [1.82, 2.24) is 10.3 Å². The van der Waals surface area contributed by atoms with Crippen molar-refractivity contribution in [1.29, 1.82) is 0 Å². The van der Waals surface area contributed by atoms with Gasteiger partial charge in [0.1, 0.15) is 5.82 Å². The molecule has 0 saturated carbocycles. The van der Waals surface area contributed by atoms with Gasteiger partial charge in [0.2, 0.25) is 11.8 Å². The normalized spacial score (nSPS) is 20.1. The zero-order chi connectivity index (χ0) is 10.8. The second-order valence-corrected chi connectivity index (χ2v) is 3.41. The van der Waals surface area contributed by atoms with Crippen LogP contribution in [0.25, 0.3) is 0 Å². The molecule has 0 bridgehead atoms. The van der Waals surface area contributed by atoms with E-state index in [-0.39, 0.29) is 11.9 Å². The first-order valence-corrected chi connectivity index (χ1v) is 4.69. The summed E-state index contributed by atoms with van der Waals surface area (Å²) in [5.41, 5.74) is 0.600. The first-order chi connectivity index (χ1) is 7.20. The van der Waals surface area contributed by atoms with Crippen LogP contribution in [0.4, 0.5) is 4.39 Å². The number of methoxy groups -OCH3 is 1. The van der Waals surface area contributed by atoms with Crippen molar-refractivity contribution in [2.24, 2.45) is 0 Å². The number of pyridine rings is 1. The summed E-state index contributed by atoms with van der Waals surface area (Å²) in [5, 5.41) is 2.75. The fourth-order valence-electron chi connectivity index (χ4n) is 1.71. The van der Waals surface area contributed by atoms with Crippen LogP contribution in [0, 0.1) is 5.82 Å². The zero-order valence-corrected chi connectivity index (χ0v) is 8.29. The predicted molar refractivity (Wildman–Crippen MR) is 50.9 cm³/mol. The minimum absolute atomic E-state index is 0.0219. The molecule has 0 radical (unpaired) electrons. The molecule has 5 heteroatoms. The third kappa shape index (κ3) is 1.91. The molecule has 1 N–H and O–H groups in total. The van der Waals surface area contributed by atoms with Crippen molar-refractivity contribution in [2.45, 2.75) is 18.9 Å². The molecule has 1 atom stereocenters. The van der Waals surface area contributed by atoms with Gasteiger partial charge in [0, 0.05) is 12.0 Å². The van der Waals surface area contributed by atoms with Crippen LogP contribution < -0.4 is 10.1 Å². The lowest BCUT2D eigenvalue weighted by Gasteiger charge is -2.13. The van der Waals surface area contributed by atoms with Gasteiger partial charge in [-0.15, -0.1) is 0 Å². The van der Waals surface area contributed by atoms with Crippen LogP contribution in [0.1, 0.15) is 24.4 Å². The highest BCUT2D eigenvalue weighted by Crippen LogP contribution is 2.29. The van der Waals surface area contributed by atoms with Gasteiger partial charge in [-0.3, -0.25) is 4.79 Å². The second kappa shape index (κ2) is 3.84. The summed E-state index contributed by atoms with van der Waals surface area (Å²) in [7, 11) is 1.47. The Hall–Kier alpha value is -1.65. The van der Waals surface area contributed by atoms with Gasteiger partial charge in [-0.05, 0) is 12.5 Å². The Morgan fingerprint density at radius 3 is 3.07 bits per heavy atom. The molecular weight excluding hydrogens is 199 g/mol. The Balaban J connectivity index is 2.33. The Morgan fingerprint density at radius 2 is 2.47 bits per heavy atom. The number of amides is 1. The number of nitrogens with one attached hydrogen (secondary N) is 1. The molecule has 0 spiro atoms. The topological polar surface area (TPSA) is 51.2 Å². The van der Waals surface area contributed by atoms with Crippen LogP contribution in [0.5, 0.6) is 5.88 Å². The van der Waals surface area contributed by atoms with E-state index in [1.165, 1.54) is 13.2 Å². The summed E-state index contributed by atoms with van der Waals surface area (Å²) in [4.78, 5) is 14.9. The lowest BCUT2D eigenvalue weighted by Crippen LogP contribution is -2.19. The molecule has 15 heavy (non-hydrogen) atoms. The molecule has 1 aliphatic heterocycles. The quantitative estimate of drug-likeness (QED) is 0.797. The van der Waals surface area contributed by atoms with Crippen molar-refractivity contribution >= 4 is 5.91 Å². The van der Waals surface area contributed by atoms with Crippen LogP contribution in [-0.2, 0) is 4.79 Å². The number of rotatable bonds is 2. The van der Waals surface area contributed by atoms with E-state index in [0.29, 0.717) is 24.3 Å². The Morgan fingerprint density at radius 1 is 1.67 bits per heavy atom. The van der Waals surface area contributed by atoms with Gasteiger partial charge in [0.15, 0.2) is 0 Å². The van der Waals surface area contributed by atoms with Crippen LogP contribution >= 0.6 is 0 Å². The predicted octanol–water partition coefficient (Wildman–Crippen LogP) is 1.18. The molecule has 80 valence electrons. The lowest BCUT2D eigenvalue weighted by molar-refractivity contribution is -0.119. The number of nitrogens with zero attached hydrogens (tertiary/aromatic N) is 1. The molecule has 1 aliphatic rings. The number of ether oxygens (including phenoxy) is 1. The second-order valence-electron chi connectivity index (χ2n) is 3.41. The van der Waals surface area contributed by atoms with Crippen LogP contribution in [0.15, 0.2) is 12.3 Å². The molecule has 1 aromatic rings. The van der Waals surface area contributed by atoms with Crippen molar-refractivity contribution < 1.29 is 13.9 Å². The van der Waals surface area contributed by atoms with E-state index in [2.05, 4.69) is 10.3 Å². The van der Waals surface area contributed by atoms with E-state index in [9.17, 15) is 9.18 Å². The molecular formula is C10H11FN2O2. The van der Waals surface area contributed by atoms with E-state index in [1.807, 2.05) is 0 Å². The average Bonchev–Trinajstić information content (AvgIpc) is 2.65. The monoisotopic (exact) mass is 210 g/mol. The molecule has 2 rings (SSSR count). The number of hydrogen-bond acceptors (Lipinski definition) is 3. The third-order valence-corrected chi connectivity index (χ3v) is 2.41.